The number of rotatable bonds is 3. The third kappa shape index (κ3) is 3.49. The highest BCUT2D eigenvalue weighted by molar-refractivity contribution is 7.16. The van der Waals surface area contributed by atoms with E-state index in [-0.39, 0.29) is 13.3 Å². The molecule has 1 aromatic carbocycles. The van der Waals surface area contributed by atoms with E-state index >= 15 is 0 Å². The molecule has 26 heavy (non-hydrogen) atoms. The predicted molar refractivity (Wildman–Crippen MR) is 95.2 cm³/mol. The zero-order valence-corrected chi connectivity index (χ0v) is 15.0. The quantitative estimate of drug-likeness (QED) is 0.782. The number of aromatic nitrogens is 1. The van der Waals surface area contributed by atoms with Crippen LogP contribution in [0.2, 0.25) is 0 Å². The van der Waals surface area contributed by atoms with Crippen molar-refractivity contribution in [3.05, 3.63) is 34.3 Å². The first-order valence-corrected chi connectivity index (χ1v) is 9.05. The van der Waals surface area contributed by atoms with E-state index in [4.69, 9.17) is 9.47 Å². The first kappa shape index (κ1) is 16.8. The second-order valence-electron chi connectivity index (χ2n) is 6.20. The van der Waals surface area contributed by atoms with Gasteiger partial charge in [0.05, 0.1) is 5.69 Å². The molecule has 2 aromatic rings. The van der Waals surface area contributed by atoms with E-state index in [1.165, 1.54) is 11.3 Å². The van der Waals surface area contributed by atoms with Gasteiger partial charge in [-0.25, -0.2) is 4.98 Å². The Bertz CT molecular complexity index is 866. The van der Waals surface area contributed by atoms with Crippen molar-refractivity contribution in [1.82, 2.24) is 15.2 Å². The number of hydrogen-bond donors (Lipinski definition) is 2. The Morgan fingerprint density at radius 1 is 1.27 bits per heavy atom. The molecule has 0 saturated heterocycles. The van der Waals surface area contributed by atoms with Crippen molar-refractivity contribution >= 4 is 28.3 Å². The summed E-state index contributed by atoms with van der Waals surface area (Å²) in [7, 11) is 2.05. The van der Waals surface area contributed by atoms with Gasteiger partial charge in [-0.05, 0) is 24.7 Å². The largest absolute Gasteiger partial charge is 0.454 e. The number of ether oxygens (including phenoxy) is 2. The highest BCUT2D eigenvalue weighted by atomic mass is 32.1. The zero-order valence-electron chi connectivity index (χ0n) is 14.2. The van der Waals surface area contributed by atoms with Crippen LogP contribution in [0.5, 0.6) is 11.5 Å². The Kier molecular flexibility index (Phi) is 4.48. The van der Waals surface area contributed by atoms with E-state index in [1.807, 2.05) is 13.1 Å². The molecule has 2 N–H and O–H groups in total. The van der Waals surface area contributed by atoms with Gasteiger partial charge in [0.15, 0.2) is 16.6 Å². The Morgan fingerprint density at radius 3 is 3.00 bits per heavy atom. The van der Waals surface area contributed by atoms with Crippen LogP contribution in [-0.2, 0) is 29.1 Å². The summed E-state index contributed by atoms with van der Waals surface area (Å²) in [4.78, 5) is 31.9. The molecule has 2 amide bonds. The molecule has 0 saturated carbocycles. The normalized spacial score (nSPS) is 15.4. The number of hydrogen-bond acceptors (Lipinski definition) is 7. The molecule has 2 aliphatic rings. The topological polar surface area (TPSA) is 92.8 Å². The van der Waals surface area contributed by atoms with Gasteiger partial charge in [-0.1, -0.05) is 6.07 Å². The van der Waals surface area contributed by atoms with Gasteiger partial charge in [0.2, 0.25) is 6.79 Å². The average Bonchev–Trinajstić information content (AvgIpc) is 3.24. The van der Waals surface area contributed by atoms with Crippen LogP contribution < -0.4 is 20.1 Å². The van der Waals surface area contributed by atoms with Gasteiger partial charge in [0, 0.05) is 30.9 Å². The molecule has 0 bridgehead atoms. The molecule has 0 spiro atoms. The van der Waals surface area contributed by atoms with Gasteiger partial charge < -0.3 is 19.7 Å². The molecule has 8 nitrogen and oxygen atoms in total. The van der Waals surface area contributed by atoms with Crippen molar-refractivity contribution in [2.75, 3.05) is 25.7 Å². The van der Waals surface area contributed by atoms with Gasteiger partial charge in [-0.15, -0.1) is 11.3 Å². The third-order valence-corrected chi connectivity index (χ3v) is 5.24. The van der Waals surface area contributed by atoms with E-state index in [2.05, 4.69) is 20.5 Å². The SMILES string of the molecule is CN1CCc2nc(NC(=O)C(=O)NCc3ccc4c(c3)OCO4)sc2C1. The van der Waals surface area contributed by atoms with Crippen LogP contribution in [0.25, 0.3) is 0 Å². The Hall–Kier alpha value is -2.65. The number of anilines is 1. The highest BCUT2D eigenvalue weighted by Crippen LogP contribution is 2.32. The summed E-state index contributed by atoms with van der Waals surface area (Å²) in [5.41, 5.74) is 1.83. The molecule has 0 unspecified atom stereocenters. The summed E-state index contributed by atoms with van der Waals surface area (Å²) < 4.78 is 10.5. The minimum Gasteiger partial charge on any atom is -0.454 e. The fourth-order valence-corrected chi connectivity index (χ4v) is 3.93. The minimum absolute atomic E-state index is 0.196. The van der Waals surface area contributed by atoms with E-state index < -0.39 is 11.8 Å². The first-order valence-electron chi connectivity index (χ1n) is 8.23. The van der Waals surface area contributed by atoms with Crippen molar-refractivity contribution in [2.45, 2.75) is 19.5 Å². The summed E-state index contributed by atoms with van der Waals surface area (Å²) in [5.74, 6) is -0.103. The molecule has 2 aliphatic heterocycles. The molecular weight excluding hydrogens is 356 g/mol. The van der Waals surface area contributed by atoms with Gasteiger partial charge in [-0.3, -0.25) is 14.9 Å². The Labute approximate surface area is 154 Å². The van der Waals surface area contributed by atoms with Crippen molar-refractivity contribution < 1.29 is 19.1 Å². The van der Waals surface area contributed by atoms with Crippen LogP contribution in [0.1, 0.15) is 16.1 Å². The molecule has 1 aromatic heterocycles. The summed E-state index contributed by atoms with van der Waals surface area (Å²) in [6.45, 7) is 2.18. The number of nitrogens with zero attached hydrogens (tertiary/aromatic N) is 2. The van der Waals surface area contributed by atoms with Crippen molar-refractivity contribution in [3.8, 4) is 11.5 Å². The van der Waals surface area contributed by atoms with Gasteiger partial charge in [0.25, 0.3) is 0 Å². The number of nitrogens with one attached hydrogen (secondary N) is 2. The van der Waals surface area contributed by atoms with Gasteiger partial charge >= 0.3 is 11.8 Å². The zero-order chi connectivity index (χ0) is 18.1. The van der Waals surface area contributed by atoms with Crippen LogP contribution in [0, 0.1) is 0 Å². The van der Waals surface area contributed by atoms with Gasteiger partial charge in [-0.2, -0.15) is 0 Å². The van der Waals surface area contributed by atoms with Crippen molar-refractivity contribution in [3.63, 3.8) is 0 Å². The lowest BCUT2D eigenvalue weighted by Gasteiger charge is -2.20. The maximum atomic E-state index is 12.1. The number of carbonyl (C=O) groups is 2. The average molecular weight is 374 g/mol. The number of fused-ring (bicyclic) bond motifs is 2. The number of thiazole rings is 1. The number of carbonyl (C=O) groups excluding carboxylic acids is 2. The van der Waals surface area contributed by atoms with Crippen LogP contribution in [0.3, 0.4) is 0 Å². The second kappa shape index (κ2) is 6.93. The molecule has 4 rings (SSSR count). The fourth-order valence-electron chi connectivity index (χ4n) is 2.84. The maximum Gasteiger partial charge on any atom is 0.315 e. The van der Waals surface area contributed by atoms with E-state index in [0.717, 1.165) is 35.6 Å². The van der Waals surface area contributed by atoms with Crippen molar-refractivity contribution in [2.24, 2.45) is 0 Å². The highest BCUT2D eigenvalue weighted by Gasteiger charge is 2.21. The summed E-state index contributed by atoms with van der Waals surface area (Å²) in [6.07, 6.45) is 0.856. The van der Waals surface area contributed by atoms with E-state index in [0.29, 0.717) is 16.6 Å². The lowest BCUT2D eigenvalue weighted by molar-refractivity contribution is -0.136. The fraction of sp³-hybridized carbons (Fsp3) is 0.353. The van der Waals surface area contributed by atoms with Crippen LogP contribution >= 0.6 is 11.3 Å². The molecule has 0 fully saturated rings. The van der Waals surface area contributed by atoms with E-state index in [9.17, 15) is 9.59 Å². The lowest BCUT2D eigenvalue weighted by Crippen LogP contribution is -2.34. The standard InChI is InChI=1S/C17H18N4O4S/c1-21-5-4-11-14(8-21)26-17(19-11)20-16(23)15(22)18-7-10-2-3-12-13(6-10)25-9-24-12/h2-3,6H,4-5,7-9H2,1H3,(H,18,22)(H,19,20,23). The summed E-state index contributed by atoms with van der Waals surface area (Å²) >= 11 is 1.42. The van der Waals surface area contributed by atoms with Crippen LogP contribution in [-0.4, -0.2) is 42.1 Å². The number of amides is 2. The third-order valence-electron chi connectivity index (χ3n) is 4.24. The minimum atomic E-state index is -0.717. The molecule has 0 atom stereocenters. The number of benzene rings is 1. The molecule has 0 radical (unpaired) electrons. The second-order valence-corrected chi connectivity index (χ2v) is 7.28. The van der Waals surface area contributed by atoms with Crippen LogP contribution in [0.4, 0.5) is 5.13 Å². The van der Waals surface area contributed by atoms with E-state index in [1.54, 1.807) is 12.1 Å². The maximum absolute atomic E-state index is 12.1. The molecule has 0 aliphatic carbocycles. The first-order chi connectivity index (χ1) is 12.6. The van der Waals surface area contributed by atoms with Gasteiger partial charge in [0.1, 0.15) is 0 Å². The monoisotopic (exact) mass is 374 g/mol. The summed E-state index contributed by atoms with van der Waals surface area (Å²) in [5, 5.41) is 5.65. The summed E-state index contributed by atoms with van der Waals surface area (Å²) in [6, 6.07) is 5.38. The molecular formula is C17H18N4O4S. The van der Waals surface area contributed by atoms with Crippen LogP contribution in [0.15, 0.2) is 18.2 Å². The molecule has 9 heteroatoms. The smallest absolute Gasteiger partial charge is 0.315 e. The predicted octanol–water partition coefficient (Wildman–Crippen LogP) is 1.11. The Balaban J connectivity index is 1.33. The Morgan fingerprint density at radius 2 is 2.12 bits per heavy atom. The molecule has 3 heterocycles. The molecule has 136 valence electrons. The van der Waals surface area contributed by atoms with Crippen molar-refractivity contribution in [1.29, 1.82) is 0 Å². The lowest BCUT2D eigenvalue weighted by atomic mass is 10.2. The number of likely N-dealkylation sites (N-methyl/N-ethyl adjacent to an activating group) is 1.